The van der Waals surface area contributed by atoms with E-state index in [1.54, 1.807) is 0 Å². The molecule has 0 fully saturated rings. The summed E-state index contributed by atoms with van der Waals surface area (Å²) in [5, 5.41) is 24.8. The molecule has 48 heavy (non-hydrogen) atoms. The zero-order chi connectivity index (χ0) is 32.2. The number of hydrogen-bond donors (Lipinski definition) is 0. The molecule has 0 aliphatic carbocycles. The highest BCUT2D eigenvalue weighted by Crippen LogP contribution is 2.39. The predicted octanol–water partition coefficient (Wildman–Crippen LogP) is 11.0. The van der Waals surface area contributed by atoms with E-state index < -0.39 is 0 Å². The first kappa shape index (κ1) is 27.4. The van der Waals surface area contributed by atoms with E-state index in [0.29, 0.717) is 11.1 Å². The Balaban J connectivity index is 1.25. The molecule has 7 aromatic carbocycles. The average molecular weight is 611 g/mol. The highest BCUT2D eigenvalue weighted by molar-refractivity contribution is 6.10. The Hall–Kier alpha value is -6.88. The third kappa shape index (κ3) is 4.22. The lowest BCUT2D eigenvalue weighted by Gasteiger charge is -2.16. The summed E-state index contributed by atoms with van der Waals surface area (Å²) in [6.45, 7) is 0. The molecule has 0 aliphatic rings. The number of nitriles is 2. The molecule has 0 radical (unpaired) electrons. The lowest BCUT2D eigenvalue weighted by atomic mass is 9.95. The van der Waals surface area contributed by atoms with Gasteiger partial charge in [0.2, 0.25) is 0 Å². The second kappa shape index (κ2) is 10.9. The fourth-order valence-electron chi connectivity index (χ4n) is 7.25. The van der Waals surface area contributed by atoms with Crippen molar-refractivity contribution in [2.24, 2.45) is 0 Å². The van der Waals surface area contributed by atoms with Crippen LogP contribution in [0.25, 0.3) is 77.2 Å². The summed E-state index contributed by atoms with van der Waals surface area (Å²) in [5.41, 5.74) is 11.4. The molecule has 0 N–H and O–H groups in total. The Labute approximate surface area is 277 Å². The van der Waals surface area contributed by atoms with Crippen molar-refractivity contribution in [3.8, 4) is 45.8 Å². The third-order valence-corrected chi connectivity index (χ3v) is 9.34. The van der Waals surface area contributed by atoms with E-state index in [0.717, 1.165) is 55.7 Å². The quantitative estimate of drug-likeness (QED) is 0.199. The average Bonchev–Trinajstić information content (AvgIpc) is 3.67. The Morgan fingerprint density at radius 1 is 0.375 bits per heavy atom. The van der Waals surface area contributed by atoms with Gasteiger partial charge in [0.25, 0.3) is 0 Å². The lowest BCUT2D eigenvalue weighted by Crippen LogP contribution is -1.98. The molecule has 0 saturated carbocycles. The van der Waals surface area contributed by atoms with Gasteiger partial charge in [-0.25, -0.2) is 0 Å². The first-order chi connectivity index (χ1) is 23.7. The molecule has 0 amide bonds. The molecule has 0 saturated heterocycles. The van der Waals surface area contributed by atoms with E-state index in [4.69, 9.17) is 0 Å². The second-order valence-electron chi connectivity index (χ2n) is 12.0. The van der Waals surface area contributed by atoms with E-state index in [1.165, 1.54) is 21.5 Å². The smallest absolute Gasteiger partial charge is 0.0992 e. The molecule has 0 aliphatic heterocycles. The summed E-state index contributed by atoms with van der Waals surface area (Å²) in [6.07, 6.45) is 0. The lowest BCUT2D eigenvalue weighted by molar-refractivity contribution is 1.18. The molecule has 0 unspecified atom stereocenters. The van der Waals surface area contributed by atoms with Crippen LogP contribution in [0.2, 0.25) is 0 Å². The molecule has 9 rings (SSSR count). The van der Waals surface area contributed by atoms with E-state index in [9.17, 15) is 10.5 Å². The predicted molar refractivity (Wildman–Crippen MR) is 195 cm³/mol. The van der Waals surface area contributed by atoms with Gasteiger partial charge in [-0.15, -0.1) is 0 Å². The van der Waals surface area contributed by atoms with Gasteiger partial charge >= 0.3 is 0 Å². The molecule has 0 spiro atoms. The standard InChI is InChI=1S/C44H26N4/c45-27-29-20-21-44(48-42-18-7-3-14-37(42)38-15-4-8-19-43(38)48)39(24-29)32-11-9-10-31(25-32)33-22-30(28-46)23-34(26-33)47-40-16-5-1-12-35(40)36-13-2-6-17-41(36)47/h1-26H. The van der Waals surface area contributed by atoms with Crippen molar-refractivity contribution < 1.29 is 0 Å². The maximum absolute atomic E-state index is 10.2. The van der Waals surface area contributed by atoms with Gasteiger partial charge in [0.1, 0.15) is 0 Å². The maximum Gasteiger partial charge on any atom is 0.0992 e. The number of fused-ring (bicyclic) bond motifs is 6. The molecular formula is C44H26N4. The van der Waals surface area contributed by atoms with Crippen molar-refractivity contribution in [1.29, 1.82) is 10.5 Å². The van der Waals surface area contributed by atoms with Crippen LogP contribution in [0.5, 0.6) is 0 Å². The third-order valence-electron chi connectivity index (χ3n) is 9.34. The van der Waals surface area contributed by atoms with Crippen LogP contribution in [0, 0.1) is 22.7 Å². The number of hydrogen-bond acceptors (Lipinski definition) is 2. The SMILES string of the molecule is N#Cc1cc(-c2cccc(-c3cc(C#N)ccc3-n3c4ccccc4c4ccccc43)c2)cc(-n2c3ccccc3c3ccccc32)c1. The normalized spacial score (nSPS) is 11.3. The Morgan fingerprint density at radius 2 is 0.896 bits per heavy atom. The van der Waals surface area contributed by atoms with Gasteiger partial charge in [-0.2, -0.15) is 10.5 Å². The van der Waals surface area contributed by atoms with Crippen LogP contribution in [0.3, 0.4) is 0 Å². The highest BCUT2D eigenvalue weighted by Gasteiger charge is 2.17. The zero-order valence-corrected chi connectivity index (χ0v) is 25.8. The molecule has 2 heterocycles. The fourth-order valence-corrected chi connectivity index (χ4v) is 7.25. The van der Waals surface area contributed by atoms with Gasteiger partial charge < -0.3 is 9.13 Å². The minimum Gasteiger partial charge on any atom is -0.309 e. The van der Waals surface area contributed by atoms with Gasteiger partial charge in [-0.3, -0.25) is 0 Å². The monoisotopic (exact) mass is 610 g/mol. The topological polar surface area (TPSA) is 57.4 Å². The molecule has 4 nitrogen and oxygen atoms in total. The number of rotatable bonds is 4. The first-order valence-electron chi connectivity index (χ1n) is 15.9. The molecule has 222 valence electrons. The highest BCUT2D eigenvalue weighted by atomic mass is 15.0. The summed E-state index contributed by atoms with van der Waals surface area (Å²) < 4.78 is 4.54. The van der Waals surface area contributed by atoms with Crippen LogP contribution in [-0.2, 0) is 0 Å². The minimum absolute atomic E-state index is 0.590. The number of aromatic nitrogens is 2. The molecule has 9 aromatic rings. The van der Waals surface area contributed by atoms with Crippen LogP contribution >= 0.6 is 0 Å². The Bertz CT molecular complexity index is 2710. The fraction of sp³-hybridized carbons (Fsp3) is 0. The summed E-state index contributed by atoms with van der Waals surface area (Å²) >= 11 is 0. The van der Waals surface area contributed by atoms with Gasteiger partial charge in [0.15, 0.2) is 0 Å². The van der Waals surface area contributed by atoms with Crippen LogP contribution < -0.4 is 0 Å². The van der Waals surface area contributed by atoms with Crippen LogP contribution in [-0.4, -0.2) is 9.13 Å². The minimum atomic E-state index is 0.590. The van der Waals surface area contributed by atoms with Crippen molar-refractivity contribution in [2.45, 2.75) is 0 Å². The van der Waals surface area contributed by atoms with Crippen molar-refractivity contribution in [3.05, 3.63) is 169 Å². The van der Waals surface area contributed by atoms with Gasteiger partial charge in [-0.05, 0) is 83.4 Å². The summed E-state index contributed by atoms with van der Waals surface area (Å²) in [4.78, 5) is 0. The van der Waals surface area contributed by atoms with Crippen LogP contribution in [0.4, 0.5) is 0 Å². The van der Waals surface area contributed by atoms with E-state index in [2.05, 4.69) is 155 Å². The molecule has 2 aromatic heterocycles. The van der Waals surface area contributed by atoms with Crippen LogP contribution in [0.1, 0.15) is 11.1 Å². The van der Waals surface area contributed by atoms with Crippen molar-refractivity contribution in [1.82, 2.24) is 9.13 Å². The molecule has 0 bridgehead atoms. The van der Waals surface area contributed by atoms with Crippen molar-refractivity contribution >= 4 is 43.6 Å². The largest absolute Gasteiger partial charge is 0.309 e. The zero-order valence-electron chi connectivity index (χ0n) is 25.8. The van der Waals surface area contributed by atoms with Crippen LogP contribution in [0.15, 0.2) is 158 Å². The molecular weight excluding hydrogens is 585 g/mol. The number of benzene rings is 7. The first-order valence-corrected chi connectivity index (χ1v) is 15.9. The van der Waals surface area contributed by atoms with Gasteiger partial charge in [0.05, 0.1) is 51.0 Å². The van der Waals surface area contributed by atoms with Gasteiger partial charge in [0, 0.05) is 32.8 Å². The van der Waals surface area contributed by atoms with E-state index in [-0.39, 0.29) is 0 Å². The van der Waals surface area contributed by atoms with Gasteiger partial charge in [-0.1, -0.05) is 91.0 Å². The Kier molecular flexibility index (Phi) is 6.22. The summed E-state index contributed by atoms with van der Waals surface area (Å²) in [5.74, 6) is 0. The van der Waals surface area contributed by atoms with Crippen molar-refractivity contribution in [2.75, 3.05) is 0 Å². The van der Waals surface area contributed by atoms with E-state index in [1.807, 2.05) is 24.3 Å². The van der Waals surface area contributed by atoms with E-state index >= 15 is 0 Å². The maximum atomic E-state index is 10.2. The number of para-hydroxylation sites is 4. The Morgan fingerprint density at radius 3 is 1.46 bits per heavy atom. The summed E-state index contributed by atoms with van der Waals surface area (Å²) in [7, 11) is 0. The molecule has 4 heteroatoms. The molecule has 0 atom stereocenters. The second-order valence-corrected chi connectivity index (χ2v) is 12.0. The summed E-state index contributed by atoms with van der Waals surface area (Å²) in [6, 6.07) is 58.9. The number of nitrogens with zero attached hydrogens (tertiary/aromatic N) is 4. The van der Waals surface area contributed by atoms with Crippen molar-refractivity contribution in [3.63, 3.8) is 0 Å².